The van der Waals surface area contributed by atoms with E-state index in [-0.39, 0.29) is 18.6 Å². The number of carbonyl (C=O) groups excluding carboxylic acids is 2. The third kappa shape index (κ3) is 3.02. The molecule has 1 unspecified atom stereocenters. The number of primary amides is 1. The van der Waals surface area contributed by atoms with Crippen LogP contribution in [0, 0.1) is 0 Å². The summed E-state index contributed by atoms with van der Waals surface area (Å²) in [5, 5.41) is 9.16. The van der Waals surface area contributed by atoms with E-state index in [4.69, 9.17) is 10.8 Å². The lowest BCUT2D eigenvalue weighted by Crippen LogP contribution is -2.53. The lowest BCUT2D eigenvalue weighted by Gasteiger charge is -2.33. The van der Waals surface area contributed by atoms with Crippen molar-refractivity contribution in [3.63, 3.8) is 0 Å². The predicted octanol–water partition coefficient (Wildman–Crippen LogP) is 0.385. The molecule has 0 bridgehead atoms. The Bertz CT molecular complexity index is 406. The monoisotopic (exact) mass is 283 g/mol. The number of amides is 3. The van der Waals surface area contributed by atoms with Crippen LogP contribution in [0.15, 0.2) is 0 Å². The number of hydrogen-bond donors (Lipinski definition) is 2. The summed E-state index contributed by atoms with van der Waals surface area (Å²) in [6.45, 7) is 0.296. The van der Waals surface area contributed by atoms with Crippen molar-refractivity contribution >= 4 is 17.9 Å². The molecule has 7 nitrogen and oxygen atoms in total. The number of carboxylic acids is 1. The van der Waals surface area contributed by atoms with E-state index in [1.54, 1.807) is 0 Å². The fourth-order valence-corrected chi connectivity index (χ4v) is 3.15. The number of carboxylic acid groups (broad SMARTS) is 1. The summed E-state index contributed by atoms with van der Waals surface area (Å²) in [7, 11) is 0. The van der Waals surface area contributed by atoms with Crippen molar-refractivity contribution in [3.05, 3.63) is 0 Å². The minimum atomic E-state index is -0.985. The quantitative estimate of drug-likeness (QED) is 0.778. The number of urea groups is 1. The largest absolute Gasteiger partial charge is 0.480 e. The van der Waals surface area contributed by atoms with Gasteiger partial charge in [-0.1, -0.05) is 12.8 Å². The SMILES string of the molecule is NC(=O)CN(C(=O)N1CCCC1C(=O)O)C1CCCC1. The minimum absolute atomic E-state index is 0.00467. The van der Waals surface area contributed by atoms with Gasteiger partial charge in [0.05, 0.1) is 0 Å². The zero-order chi connectivity index (χ0) is 14.7. The molecule has 3 N–H and O–H groups in total. The maximum Gasteiger partial charge on any atom is 0.326 e. The average Bonchev–Trinajstić information content (AvgIpc) is 3.05. The number of hydrogen-bond acceptors (Lipinski definition) is 3. The molecule has 3 amide bonds. The fraction of sp³-hybridized carbons (Fsp3) is 0.769. The predicted molar refractivity (Wildman–Crippen MR) is 70.9 cm³/mol. The molecule has 1 saturated heterocycles. The van der Waals surface area contributed by atoms with Gasteiger partial charge in [-0.05, 0) is 25.7 Å². The van der Waals surface area contributed by atoms with Gasteiger partial charge in [0.2, 0.25) is 5.91 Å². The summed E-state index contributed by atoms with van der Waals surface area (Å²) >= 11 is 0. The molecule has 20 heavy (non-hydrogen) atoms. The van der Waals surface area contributed by atoms with Crippen LogP contribution in [0.2, 0.25) is 0 Å². The van der Waals surface area contributed by atoms with Gasteiger partial charge in [-0.3, -0.25) is 4.79 Å². The van der Waals surface area contributed by atoms with Crippen molar-refractivity contribution < 1.29 is 19.5 Å². The van der Waals surface area contributed by atoms with E-state index in [0.717, 1.165) is 25.7 Å². The Balaban J connectivity index is 2.12. The van der Waals surface area contributed by atoms with Crippen LogP contribution in [0.4, 0.5) is 4.79 Å². The molecule has 112 valence electrons. The van der Waals surface area contributed by atoms with Crippen molar-refractivity contribution in [1.82, 2.24) is 9.80 Å². The van der Waals surface area contributed by atoms with Gasteiger partial charge in [-0.25, -0.2) is 9.59 Å². The molecule has 7 heteroatoms. The molecule has 1 saturated carbocycles. The second-order valence-electron chi connectivity index (χ2n) is 5.50. The molecule has 0 spiro atoms. The third-order valence-electron chi connectivity index (χ3n) is 4.12. The second-order valence-corrected chi connectivity index (χ2v) is 5.50. The molecular weight excluding hydrogens is 262 g/mol. The summed E-state index contributed by atoms with van der Waals surface area (Å²) < 4.78 is 0. The van der Waals surface area contributed by atoms with Crippen LogP contribution in [-0.4, -0.2) is 58.0 Å². The van der Waals surface area contributed by atoms with Crippen molar-refractivity contribution in [1.29, 1.82) is 0 Å². The summed E-state index contributed by atoms with van der Waals surface area (Å²) in [6, 6.07) is -1.13. The van der Waals surface area contributed by atoms with Crippen LogP contribution in [0.25, 0.3) is 0 Å². The molecule has 1 atom stereocenters. The number of nitrogens with zero attached hydrogens (tertiary/aromatic N) is 2. The zero-order valence-electron chi connectivity index (χ0n) is 11.5. The summed E-state index contributed by atoms with van der Waals surface area (Å²) in [4.78, 5) is 37.8. The molecule has 0 aromatic heterocycles. The highest BCUT2D eigenvalue weighted by atomic mass is 16.4. The third-order valence-corrected chi connectivity index (χ3v) is 4.12. The Kier molecular flexibility index (Phi) is 4.46. The molecule has 0 aromatic carbocycles. The van der Waals surface area contributed by atoms with E-state index < -0.39 is 17.9 Å². The van der Waals surface area contributed by atoms with Gasteiger partial charge in [0.1, 0.15) is 12.6 Å². The van der Waals surface area contributed by atoms with Crippen molar-refractivity contribution in [2.45, 2.75) is 50.6 Å². The number of carbonyl (C=O) groups is 3. The van der Waals surface area contributed by atoms with Gasteiger partial charge in [0, 0.05) is 12.6 Å². The Morgan fingerprint density at radius 1 is 1.15 bits per heavy atom. The molecule has 2 rings (SSSR count). The van der Waals surface area contributed by atoms with Crippen LogP contribution in [-0.2, 0) is 9.59 Å². The van der Waals surface area contributed by atoms with E-state index in [9.17, 15) is 14.4 Å². The Morgan fingerprint density at radius 3 is 2.35 bits per heavy atom. The molecular formula is C13H21N3O4. The molecule has 1 aliphatic carbocycles. The minimum Gasteiger partial charge on any atom is -0.480 e. The maximum absolute atomic E-state index is 12.6. The number of aliphatic carboxylic acids is 1. The molecule has 0 aromatic rings. The highest BCUT2D eigenvalue weighted by Crippen LogP contribution is 2.26. The van der Waals surface area contributed by atoms with Crippen molar-refractivity contribution in [3.8, 4) is 0 Å². The van der Waals surface area contributed by atoms with E-state index in [2.05, 4.69) is 0 Å². The van der Waals surface area contributed by atoms with Crippen LogP contribution in [0.5, 0.6) is 0 Å². The number of likely N-dealkylation sites (tertiary alicyclic amines) is 1. The molecule has 2 fully saturated rings. The highest BCUT2D eigenvalue weighted by Gasteiger charge is 2.39. The Hall–Kier alpha value is -1.79. The topological polar surface area (TPSA) is 104 Å². The number of rotatable bonds is 4. The summed E-state index contributed by atoms with van der Waals surface area (Å²) in [6.07, 6.45) is 4.90. The highest BCUT2D eigenvalue weighted by molar-refractivity contribution is 5.86. The molecule has 0 radical (unpaired) electrons. The van der Waals surface area contributed by atoms with E-state index >= 15 is 0 Å². The first kappa shape index (κ1) is 14.6. The van der Waals surface area contributed by atoms with Gasteiger partial charge in [-0.2, -0.15) is 0 Å². The van der Waals surface area contributed by atoms with Crippen LogP contribution in [0.3, 0.4) is 0 Å². The fourth-order valence-electron chi connectivity index (χ4n) is 3.15. The number of nitrogens with two attached hydrogens (primary N) is 1. The average molecular weight is 283 g/mol. The molecule has 1 heterocycles. The second kappa shape index (κ2) is 6.11. The van der Waals surface area contributed by atoms with Crippen LogP contribution < -0.4 is 5.73 Å². The first-order chi connectivity index (χ1) is 9.50. The van der Waals surface area contributed by atoms with Crippen LogP contribution in [0.1, 0.15) is 38.5 Å². The Morgan fingerprint density at radius 2 is 1.80 bits per heavy atom. The molecule has 1 aliphatic heterocycles. The van der Waals surface area contributed by atoms with Gasteiger partial charge >= 0.3 is 12.0 Å². The van der Waals surface area contributed by atoms with Crippen LogP contribution >= 0.6 is 0 Å². The van der Waals surface area contributed by atoms with E-state index in [1.807, 2.05) is 0 Å². The van der Waals surface area contributed by atoms with Crippen molar-refractivity contribution in [2.75, 3.05) is 13.1 Å². The first-order valence-corrected chi connectivity index (χ1v) is 7.09. The van der Waals surface area contributed by atoms with Gasteiger partial charge < -0.3 is 20.6 Å². The summed E-state index contributed by atoms with van der Waals surface area (Å²) in [5.41, 5.74) is 5.22. The van der Waals surface area contributed by atoms with Gasteiger partial charge in [-0.15, -0.1) is 0 Å². The zero-order valence-corrected chi connectivity index (χ0v) is 11.5. The molecule has 2 aliphatic rings. The van der Waals surface area contributed by atoms with Gasteiger partial charge in [0.25, 0.3) is 0 Å². The lowest BCUT2D eigenvalue weighted by atomic mass is 10.2. The maximum atomic E-state index is 12.6. The smallest absolute Gasteiger partial charge is 0.326 e. The van der Waals surface area contributed by atoms with Gasteiger partial charge in [0.15, 0.2) is 0 Å². The lowest BCUT2D eigenvalue weighted by molar-refractivity contribution is -0.141. The van der Waals surface area contributed by atoms with E-state index in [1.165, 1.54) is 9.80 Å². The summed E-state index contributed by atoms with van der Waals surface area (Å²) in [5.74, 6) is -1.54. The first-order valence-electron chi connectivity index (χ1n) is 7.09. The van der Waals surface area contributed by atoms with Crippen molar-refractivity contribution in [2.24, 2.45) is 5.73 Å². The normalized spacial score (nSPS) is 23.0. The van der Waals surface area contributed by atoms with E-state index in [0.29, 0.717) is 19.4 Å². The standard InChI is InChI=1S/C13H21N3O4/c14-11(17)8-16(9-4-1-2-5-9)13(20)15-7-3-6-10(15)12(18)19/h9-10H,1-8H2,(H2,14,17)(H,18,19). The Labute approximate surface area is 117 Å².